The van der Waals surface area contributed by atoms with Crippen LogP contribution in [0.5, 0.6) is 0 Å². The van der Waals surface area contributed by atoms with E-state index in [1.54, 1.807) is 6.92 Å². The van der Waals surface area contributed by atoms with Crippen LogP contribution >= 0.6 is 0 Å². The molecule has 3 heteroatoms. The molecule has 3 rings (SSSR count). The number of aliphatic hydroxyl groups is 2. The second-order valence-electron chi connectivity index (χ2n) is 9.20. The molecule has 0 aliphatic heterocycles. The Morgan fingerprint density at radius 1 is 1.25 bits per heavy atom. The number of carbonyl (C=O) groups excluding carboxylic acids is 1. The normalized spacial score (nSPS) is 43.9. The number of hydrogen-bond donors (Lipinski definition) is 2. The second kappa shape index (κ2) is 6.57. The molecule has 0 bridgehead atoms. The van der Waals surface area contributed by atoms with Crippen LogP contribution < -0.4 is 0 Å². The van der Waals surface area contributed by atoms with Crippen LogP contribution in [0.4, 0.5) is 0 Å². The summed E-state index contributed by atoms with van der Waals surface area (Å²) in [5.41, 5.74) is 1.34. The summed E-state index contributed by atoms with van der Waals surface area (Å²) in [7, 11) is 0. The van der Waals surface area contributed by atoms with Gasteiger partial charge in [0, 0.05) is 5.92 Å². The minimum atomic E-state index is -0.348. The lowest BCUT2D eigenvalue weighted by atomic mass is 9.56. The molecule has 2 N–H and O–H groups in total. The number of hydrogen-bond acceptors (Lipinski definition) is 3. The summed E-state index contributed by atoms with van der Waals surface area (Å²) in [6.45, 7) is 6.21. The van der Waals surface area contributed by atoms with Gasteiger partial charge in [-0.05, 0) is 75.0 Å². The van der Waals surface area contributed by atoms with Crippen molar-refractivity contribution in [1.82, 2.24) is 0 Å². The standard InChI is InChI=1S/C21H34O3/c1-14(22)17-8-5-10-20(17,2)13-19(24)18-7-4-6-15-12-16(23)9-11-21(15,18)3/h12,16-19,23-24H,4-11,13H2,1-3H3. The monoisotopic (exact) mass is 334 g/mol. The highest BCUT2D eigenvalue weighted by Crippen LogP contribution is 2.55. The smallest absolute Gasteiger partial charge is 0.133 e. The first-order chi connectivity index (χ1) is 11.3. The summed E-state index contributed by atoms with van der Waals surface area (Å²) in [6, 6.07) is 0. The fraction of sp³-hybridized carbons (Fsp3) is 0.857. The summed E-state index contributed by atoms with van der Waals surface area (Å²) in [5.74, 6) is 0.667. The summed E-state index contributed by atoms with van der Waals surface area (Å²) in [6.07, 6.45) is 10.3. The highest BCUT2D eigenvalue weighted by atomic mass is 16.3. The zero-order valence-electron chi connectivity index (χ0n) is 15.6. The van der Waals surface area contributed by atoms with Gasteiger partial charge in [-0.25, -0.2) is 0 Å². The molecule has 3 aliphatic rings. The van der Waals surface area contributed by atoms with E-state index >= 15 is 0 Å². The van der Waals surface area contributed by atoms with E-state index in [9.17, 15) is 15.0 Å². The highest BCUT2D eigenvalue weighted by Gasteiger charge is 2.49. The van der Waals surface area contributed by atoms with Crippen molar-refractivity contribution in [2.75, 3.05) is 0 Å². The van der Waals surface area contributed by atoms with Crippen LogP contribution in [-0.4, -0.2) is 28.2 Å². The maximum absolute atomic E-state index is 12.0. The van der Waals surface area contributed by atoms with E-state index in [-0.39, 0.29) is 34.9 Å². The van der Waals surface area contributed by atoms with Crippen molar-refractivity contribution in [2.45, 2.75) is 90.8 Å². The van der Waals surface area contributed by atoms with Crippen molar-refractivity contribution in [1.29, 1.82) is 0 Å². The van der Waals surface area contributed by atoms with Crippen LogP contribution in [0.15, 0.2) is 11.6 Å². The van der Waals surface area contributed by atoms with E-state index in [1.807, 2.05) is 0 Å². The molecule has 3 nitrogen and oxygen atoms in total. The molecule has 136 valence electrons. The Hall–Kier alpha value is -0.670. The summed E-state index contributed by atoms with van der Waals surface area (Å²) in [5, 5.41) is 21.1. The van der Waals surface area contributed by atoms with E-state index in [2.05, 4.69) is 19.9 Å². The number of ketones is 1. The van der Waals surface area contributed by atoms with Gasteiger partial charge in [-0.15, -0.1) is 0 Å². The lowest BCUT2D eigenvalue weighted by Gasteiger charge is -2.49. The van der Waals surface area contributed by atoms with Gasteiger partial charge >= 0.3 is 0 Å². The zero-order chi connectivity index (χ0) is 17.5. The Kier molecular flexibility index (Phi) is 4.96. The molecular weight excluding hydrogens is 300 g/mol. The topological polar surface area (TPSA) is 57.5 Å². The van der Waals surface area contributed by atoms with Crippen molar-refractivity contribution in [2.24, 2.45) is 22.7 Å². The van der Waals surface area contributed by atoms with E-state index in [0.717, 1.165) is 57.8 Å². The Bertz CT molecular complexity index is 525. The average molecular weight is 335 g/mol. The second-order valence-corrected chi connectivity index (χ2v) is 9.20. The molecule has 24 heavy (non-hydrogen) atoms. The van der Waals surface area contributed by atoms with Gasteiger partial charge in [-0.1, -0.05) is 31.9 Å². The van der Waals surface area contributed by atoms with E-state index < -0.39 is 0 Å². The van der Waals surface area contributed by atoms with Crippen LogP contribution in [-0.2, 0) is 4.79 Å². The Balaban J connectivity index is 1.78. The van der Waals surface area contributed by atoms with Crippen LogP contribution in [0.2, 0.25) is 0 Å². The number of carbonyl (C=O) groups is 1. The third-order valence-electron chi connectivity index (χ3n) is 7.58. The molecular formula is C21H34O3. The van der Waals surface area contributed by atoms with Crippen molar-refractivity contribution >= 4 is 5.78 Å². The molecule has 6 unspecified atom stereocenters. The maximum Gasteiger partial charge on any atom is 0.133 e. The fourth-order valence-corrected chi connectivity index (χ4v) is 6.15. The lowest BCUT2D eigenvalue weighted by Crippen LogP contribution is -2.45. The van der Waals surface area contributed by atoms with Crippen LogP contribution in [0.25, 0.3) is 0 Å². The molecule has 0 aromatic carbocycles. The first-order valence-electron chi connectivity index (χ1n) is 9.84. The number of Topliss-reactive ketones (excluding diaryl/α,β-unsaturated/α-hetero) is 1. The number of rotatable bonds is 4. The van der Waals surface area contributed by atoms with Gasteiger partial charge in [-0.3, -0.25) is 4.79 Å². The third-order valence-corrected chi connectivity index (χ3v) is 7.58. The van der Waals surface area contributed by atoms with Crippen molar-refractivity contribution < 1.29 is 15.0 Å². The van der Waals surface area contributed by atoms with Gasteiger partial charge in [-0.2, -0.15) is 0 Å². The molecule has 0 heterocycles. The van der Waals surface area contributed by atoms with Crippen molar-refractivity contribution in [3.63, 3.8) is 0 Å². The predicted octanol–water partition coefficient (Wildman–Crippen LogP) is 4.02. The van der Waals surface area contributed by atoms with Gasteiger partial charge in [0.1, 0.15) is 5.78 Å². The van der Waals surface area contributed by atoms with Gasteiger partial charge < -0.3 is 10.2 Å². The largest absolute Gasteiger partial charge is 0.393 e. The van der Waals surface area contributed by atoms with Gasteiger partial charge in [0.25, 0.3) is 0 Å². The van der Waals surface area contributed by atoms with Gasteiger partial charge in [0.2, 0.25) is 0 Å². The van der Waals surface area contributed by atoms with Crippen LogP contribution in [0.3, 0.4) is 0 Å². The average Bonchev–Trinajstić information content (AvgIpc) is 2.88. The van der Waals surface area contributed by atoms with E-state index in [1.165, 1.54) is 5.57 Å². The molecule has 0 saturated heterocycles. The van der Waals surface area contributed by atoms with E-state index in [0.29, 0.717) is 5.78 Å². The molecule has 0 aromatic heterocycles. The zero-order valence-corrected chi connectivity index (χ0v) is 15.6. The van der Waals surface area contributed by atoms with Crippen LogP contribution in [0.1, 0.15) is 78.6 Å². The van der Waals surface area contributed by atoms with Gasteiger partial charge in [0.05, 0.1) is 12.2 Å². The quantitative estimate of drug-likeness (QED) is 0.764. The predicted molar refractivity (Wildman–Crippen MR) is 95.5 cm³/mol. The SMILES string of the molecule is CC(=O)C1CCCC1(C)CC(O)C1CCCC2=CC(O)CCC21C. The van der Waals surface area contributed by atoms with Crippen LogP contribution in [0, 0.1) is 22.7 Å². The molecule has 0 spiro atoms. The lowest BCUT2D eigenvalue weighted by molar-refractivity contribution is -0.124. The minimum absolute atomic E-state index is 0.0254. The summed E-state index contributed by atoms with van der Waals surface area (Å²) < 4.78 is 0. The first kappa shape index (κ1) is 18.1. The summed E-state index contributed by atoms with van der Waals surface area (Å²) in [4.78, 5) is 12.0. The molecule has 2 saturated carbocycles. The molecule has 6 atom stereocenters. The number of aliphatic hydroxyl groups excluding tert-OH is 2. The number of allylic oxidation sites excluding steroid dienone is 1. The summed E-state index contributed by atoms with van der Waals surface area (Å²) >= 11 is 0. The molecule has 0 aromatic rings. The molecule has 0 radical (unpaired) electrons. The van der Waals surface area contributed by atoms with Gasteiger partial charge in [0.15, 0.2) is 0 Å². The Labute approximate surface area is 146 Å². The molecule has 2 fully saturated rings. The molecule has 3 aliphatic carbocycles. The Morgan fingerprint density at radius 2 is 2.00 bits per heavy atom. The first-order valence-corrected chi connectivity index (χ1v) is 9.84. The fourth-order valence-electron chi connectivity index (χ4n) is 6.15. The highest BCUT2D eigenvalue weighted by molar-refractivity contribution is 5.79. The number of fused-ring (bicyclic) bond motifs is 1. The third kappa shape index (κ3) is 3.10. The van der Waals surface area contributed by atoms with Crippen molar-refractivity contribution in [3.05, 3.63) is 11.6 Å². The van der Waals surface area contributed by atoms with Crippen molar-refractivity contribution in [3.8, 4) is 0 Å². The Morgan fingerprint density at radius 3 is 2.71 bits per heavy atom. The molecule has 0 amide bonds. The maximum atomic E-state index is 12.0. The van der Waals surface area contributed by atoms with E-state index in [4.69, 9.17) is 0 Å². The minimum Gasteiger partial charge on any atom is -0.393 e.